The summed E-state index contributed by atoms with van der Waals surface area (Å²) in [6.45, 7) is 1.80. The third-order valence-electron chi connectivity index (χ3n) is 1.58. The fraction of sp³-hybridized carbons (Fsp3) is 0.250. The van der Waals surface area contributed by atoms with E-state index in [1.54, 1.807) is 12.8 Å². The molecular formula is C8H8NO. The van der Waals surface area contributed by atoms with Crippen LogP contribution in [-0.2, 0) is 6.42 Å². The normalized spacial score (nSPS) is 15.6. The van der Waals surface area contributed by atoms with E-state index in [-0.39, 0.29) is 0 Å². The first-order chi connectivity index (χ1) is 4.97. The van der Waals surface area contributed by atoms with Crippen LogP contribution in [0.3, 0.4) is 0 Å². The second kappa shape index (κ2) is 2.29. The highest BCUT2D eigenvalue weighted by atomic mass is 16.5. The molecule has 0 aliphatic carbocycles. The third-order valence-corrected chi connectivity index (χ3v) is 1.58. The van der Waals surface area contributed by atoms with Gasteiger partial charge in [-0.25, -0.2) is 4.98 Å². The molecule has 1 aliphatic rings. The van der Waals surface area contributed by atoms with Gasteiger partial charge in [0.1, 0.15) is 6.61 Å². The summed E-state index contributed by atoms with van der Waals surface area (Å²) in [6, 6.07) is 3.99. The summed E-state index contributed by atoms with van der Waals surface area (Å²) in [5, 5.41) is 0. The first kappa shape index (κ1) is 5.71. The Morgan fingerprint density at radius 1 is 1.50 bits per heavy atom. The number of nitrogens with zero attached hydrogens (tertiary/aromatic N) is 1. The molecule has 0 fully saturated rings. The first-order valence-corrected chi connectivity index (χ1v) is 3.39. The van der Waals surface area contributed by atoms with Crippen molar-refractivity contribution in [3.8, 4) is 5.88 Å². The van der Waals surface area contributed by atoms with E-state index >= 15 is 0 Å². The maximum Gasteiger partial charge on any atom is 0.216 e. The van der Waals surface area contributed by atoms with Gasteiger partial charge >= 0.3 is 0 Å². The SMILES string of the molecule is [CH]1CCc2cccnc2O1. The summed E-state index contributed by atoms with van der Waals surface area (Å²) in [5.41, 5.74) is 1.21. The third kappa shape index (κ3) is 0.856. The van der Waals surface area contributed by atoms with E-state index in [1.165, 1.54) is 5.56 Å². The van der Waals surface area contributed by atoms with Crippen LogP contribution in [0.2, 0.25) is 0 Å². The largest absolute Gasteiger partial charge is 0.470 e. The number of pyridine rings is 1. The Labute approximate surface area is 59.9 Å². The fourth-order valence-electron chi connectivity index (χ4n) is 1.07. The van der Waals surface area contributed by atoms with Gasteiger partial charge in [0, 0.05) is 11.8 Å². The van der Waals surface area contributed by atoms with Gasteiger partial charge in [0.25, 0.3) is 0 Å². The van der Waals surface area contributed by atoms with Crippen molar-refractivity contribution >= 4 is 0 Å². The van der Waals surface area contributed by atoms with Gasteiger partial charge in [0.05, 0.1) is 0 Å². The topological polar surface area (TPSA) is 22.1 Å². The second-order valence-corrected chi connectivity index (χ2v) is 2.29. The number of fused-ring (bicyclic) bond motifs is 1. The molecule has 2 nitrogen and oxygen atoms in total. The monoisotopic (exact) mass is 134 g/mol. The highest BCUT2D eigenvalue weighted by Gasteiger charge is 2.09. The van der Waals surface area contributed by atoms with Crippen LogP contribution in [0.25, 0.3) is 0 Å². The van der Waals surface area contributed by atoms with E-state index in [1.807, 2.05) is 6.07 Å². The number of ether oxygens (including phenoxy) is 1. The molecule has 0 spiro atoms. The quantitative estimate of drug-likeness (QED) is 0.537. The van der Waals surface area contributed by atoms with E-state index in [0.29, 0.717) is 0 Å². The summed E-state index contributed by atoms with van der Waals surface area (Å²) in [4.78, 5) is 4.07. The molecule has 1 radical (unpaired) electrons. The number of rotatable bonds is 0. The lowest BCUT2D eigenvalue weighted by Crippen LogP contribution is -2.04. The molecule has 10 heavy (non-hydrogen) atoms. The van der Waals surface area contributed by atoms with Crippen molar-refractivity contribution < 1.29 is 4.74 Å². The average molecular weight is 134 g/mol. The molecule has 0 aromatic carbocycles. The van der Waals surface area contributed by atoms with Crippen molar-refractivity contribution in [1.82, 2.24) is 4.98 Å². The Morgan fingerprint density at radius 3 is 3.40 bits per heavy atom. The van der Waals surface area contributed by atoms with Crippen molar-refractivity contribution in [3.05, 3.63) is 30.5 Å². The van der Waals surface area contributed by atoms with Gasteiger partial charge in [-0.15, -0.1) is 0 Å². The number of aryl methyl sites for hydroxylation is 1. The number of hydrogen-bond acceptors (Lipinski definition) is 2. The highest BCUT2D eigenvalue weighted by molar-refractivity contribution is 5.27. The molecule has 1 aromatic rings. The Morgan fingerprint density at radius 2 is 2.50 bits per heavy atom. The Bertz CT molecular complexity index is 209. The van der Waals surface area contributed by atoms with Gasteiger partial charge in [-0.1, -0.05) is 6.07 Å². The van der Waals surface area contributed by atoms with Crippen LogP contribution < -0.4 is 4.74 Å². The molecule has 2 rings (SSSR count). The van der Waals surface area contributed by atoms with Crippen molar-refractivity contribution in [1.29, 1.82) is 0 Å². The van der Waals surface area contributed by atoms with Crippen LogP contribution in [0, 0.1) is 6.61 Å². The molecule has 1 aromatic heterocycles. The van der Waals surface area contributed by atoms with Crippen LogP contribution in [0.4, 0.5) is 0 Å². The van der Waals surface area contributed by atoms with E-state index in [0.717, 1.165) is 18.7 Å². The molecule has 51 valence electrons. The van der Waals surface area contributed by atoms with Crippen LogP contribution in [-0.4, -0.2) is 4.98 Å². The summed E-state index contributed by atoms with van der Waals surface area (Å²) in [7, 11) is 0. The van der Waals surface area contributed by atoms with E-state index < -0.39 is 0 Å². The fourth-order valence-corrected chi connectivity index (χ4v) is 1.07. The molecule has 0 amide bonds. The smallest absolute Gasteiger partial charge is 0.216 e. The van der Waals surface area contributed by atoms with Gasteiger partial charge in [0.2, 0.25) is 5.88 Å². The molecule has 0 unspecified atom stereocenters. The van der Waals surface area contributed by atoms with Gasteiger partial charge in [0.15, 0.2) is 0 Å². The predicted molar refractivity (Wildman–Crippen MR) is 37.5 cm³/mol. The second-order valence-electron chi connectivity index (χ2n) is 2.29. The van der Waals surface area contributed by atoms with E-state index in [9.17, 15) is 0 Å². The summed E-state index contributed by atoms with van der Waals surface area (Å²) in [6.07, 6.45) is 3.81. The van der Waals surface area contributed by atoms with Gasteiger partial charge in [-0.3, -0.25) is 0 Å². The van der Waals surface area contributed by atoms with Crippen LogP contribution >= 0.6 is 0 Å². The number of aromatic nitrogens is 1. The standard InChI is InChI=1S/C8H8NO/c1-3-7-4-2-6-10-8(7)9-5-1/h1,3,5-6H,2,4H2. The Kier molecular flexibility index (Phi) is 1.31. The van der Waals surface area contributed by atoms with E-state index in [4.69, 9.17) is 4.74 Å². The van der Waals surface area contributed by atoms with Crippen molar-refractivity contribution in [2.24, 2.45) is 0 Å². The molecule has 1 aliphatic heterocycles. The minimum absolute atomic E-state index is 0.772. The molecule has 0 saturated carbocycles. The minimum Gasteiger partial charge on any atom is -0.470 e. The van der Waals surface area contributed by atoms with Crippen molar-refractivity contribution in [2.45, 2.75) is 12.8 Å². The summed E-state index contributed by atoms with van der Waals surface area (Å²) in [5.74, 6) is 0.772. The van der Waals surface area contributed by atoms with E-state index in [2.05, 4.69) is 11.1 Å². The van der Waals surface area contributed by atoms with Gasteiger partial charge < -0.3 is 4.74 Å². The lowest BCUT2D eigenvalue weighted by Gasteiger charge is -2.13. The predicted octanol–water partition coefficient (Wildman–Crippen LogP) is 1.57. The molecule has 0 N–H and O–H groups in total. The average Bonchev–Trinajstić information content (AvgIpc) is 2.05. The van der Waals surface area contributed by atoms with Crippen LogP contribution in [0.5, 0.6) is 5.88 Å². The highest BCUT2D eigenvalue weighted by Crippen LogP contribution is 2.21. The molecule has 0 atom stereocenters. The van der Waals surface area contributed by atoms with Crippen molar-refractivity contribution in [2.75, 3.05) is 0 Å². The van der Waals surface area contributed by atoms with Crippen LogP contribution in [0.15, 0.2) is 18.3 Å². The maximum absolute atomic E-state index is 5.19. The Hall–Kier alpha value is -1.05. The molecule has 2 heteroatoms. The lowest BCUT2D eigenvalue weighted by molar-refractivity contribution is 0.351. The first-order valence-electron chi connectivity index (χ1n) is 3.39. The summed E-state index contributed by atoms with van der Waals surface area (Å²) < 4.78 is 5.19. The summed E-state index contributed by atoms with van der Waals surface area (Å²) >= 11 is 0. The zero-order valence-electron chi connectivity index (χ0n) is 5.58. The number of hydrogen-bond donors (Lipinski definition) is 0. The minimum atomic E-state index is 0.772. The molecule has 0 saturated heterocycles. The Balaban J connectivity index is 2.41. The van der Waals surface area contributed by atoms with Gasteiger partial charge in [-0.2, -0.15) is 0 Å². The van der Waals surface area contributed by atoms with Crippen LogP contribution in [0.1, 0.15) is 12.0 Å². The maximum atomic E-state index is 5.19. The molecule has 2 heterocycles. The molecule has 0 bridgehead atoms. The zero-order valence-corrected chi connectivity index (χ0v) is 5.58. The zero-order chi connectivity index (χ0) is 6.81. The molecular weight excluding hydrogens is 126 g/mol. The van der Waals surface area contributed by atoms with Crippen molar-refractivity contribution in [3.63, 3.8) is 0 Å². The van der Waals surface area contributed by atoms with Gasteiger partial charge in [-0.05, 0) is 18.9 Å². The lowest BCUT2D eigenvalue weighted by atomic mass is 10.1.